The Kier molecular flexibility index (Phi) is 6.11. The van der Waals surface area contributed by atoms with Gasteiger partial charge in [-0.15, -0.1) is 0 Å². The Bertz CT molecular complexity index is 753. The summed E-state index contributed by atoms with van der Waals surface area (Å²) in [5.41, 5.74) is 2.18. The van der Waals surface area contributed by atoms with Gasteiger partial charge in [0, 0.05) is 43.6 Å². The van der Waals surface area contributed by atoms with Crippen LogP contribution in [-0.4, -0.2) is 47.2 Å². The van der Waals surface area contributed by atoms with Gasteiger partial charge in [0.05, 0.1) is 5.92 Å². The van der Waals surface area contributed by atoms with Crippen LogP contribution in [0.4, 0.5) is 23.0 Å². The van der Waals surface area contributed by atoms with E-state index in [1.54, 1.807) is 6.33 Å². The molecule has 27 heavy (non-hydrogen) atoms. The molecule has 2 heterocycles. The maximum absolute atomic E-state index is 11.1. The molecule has 7 nitrogen and oxygen atoms in total. The summed E-state index contributed by atoms with van der Waals surface area (Å²) in [5.74, 6) is 0.616. The lowest BCUT2D eigenvalue weighted by molar-refractivity contribution is -0.142. The predicted molar refractivity (Wildman–Crippen MR) is 108 cm³/mol. The average molecular weight is 369 g/mol. The quantitative estimate of drug-likeness (QED) is 0.774. The standard InChI is InChI=1S/C20H27N5O2/c1-3-24(4-2)17-7-5-16(6-8-17)23-18-13-19(22-14-21-18)25-11-9-15(10-12-25)20(26)27/h5-8,13-15H,3-4,9-12H2,1-2H3,(H,26,27)(H,21,22,23). The summed E-state index contributed by atoms with van der Waals surface area (Å²) in [6.07, 6.45) is 2.84. The molecular weight excluding hydrogens is 342 g/mol. The normalized spacial score (nSPS) is 14.8. The second kappa shape index (κ2) is 8.70. The molecular formula is C20H27N5O2. The van der Waals surface area contributed by atoms with Crippen molar-refractivity contribution in [3.8, 4) is 0 Å². The van der Waals surface area contributed by atoms with Crippen molar-refractivity contribution < 1.29 is 9.90 Å². The van der Waals surface area contributed by atoms with Crippen LogP contribution in [-0.2, 0) is 4.79 Å². The first kappa shape index (κ1) is 18.9. The Morgan fingerprint density at radius 2 is 1.85 bits per heavy atom. The van der Waals surface area contributed by atoms with Crippen molar-refractivity contribution in [3.05, 3.63) is 36.7 Å². The molecule has 1 aliphatic rings. The number of anilines is 4. The number of rotatable bonds is 7. The van der Waals surface area contributed by atoms with E-state index in [1.165, 1.54) is 5.69 Å². The van der Waals surface area contributed by atoms with E-state index in [0.29, 0.717) is 25.9 Å². The van der Waals surface area contributed by atoms with Crippen LogP contribution in [0.2, 0.25) is 0 Å². The third-order valence-corrected chi connectivity index (χ3v) is 5.09. The summed E-state index contributed by atoms with van der Waals surface area (Å²) in [4.78, 5) is 24.2. The minimum absolute atomic E-state index is 0.245. The van der Waals surface area contributed by atoms with Crippen molar-refractivity contribution in [2.75, 3.05) is 41.3 Å². The SMILES string of the molecule is CCN(CC)c1ccc(Nc2cc(N3CCC(C(=O)O)CC3)ncn2)cc1. The van der Waals surface area contributed by atoms with Gasteiger partial charge in [0.2, 0.25) is 0 Å². The molecule has 144 valence electrons. The minimum Gasteiger partial charge on any atom is -0.481 e. The smallest absolute Gasteiger partial charge is 0.306 e. The summed E-state index contributed by atoms with van der Waals surface area (Å²) in [6.45, 7) is 7.67. The van der Waals surface area contributed by atoms with Gasteiger partial charge in [0.1, 0.15) is 18.0 Å². The van der Waals surface area contributed by atoms with Crippen molar-refractivity contribution in [1.29, 1.82) is 0 Å². The molecule has 0 unspecified atom stereocenters. The number of carboxylic acid groups (broad SMARTS) is 1. The lowest BCUT2D eigenvalue weighted by Crippen LogP contribution is -2.36. The number of piperidine rings is 1. The molecule has 1 aromatic carbocycles. The maximum atomic E-state index is 11.1. The second-order valence-electron chi connectivity index (χ2n) is 6.71. The Hall–Kier alpha value is -2.83. The van der Waals surface area contributed by atoms with Crippen LogP contribution in [0.25, 0.3) is 0 Å². The minimum atomic E-state index is -0.701. The Labute approximate surface area is 160 Å². The van der Waals surface area contributed by atoms with Gasteiger partial charge in [0.25, 0.3) is 0 Å². The van der Waals surface area contributed by atoms with Crippen LogP contribution in [0, 0.1) is 5.92 Å². The Morgan fingerprint density at radius 1 is 1.19 bits per heavy atom. The predicted octanol–water partition coefficient (Wildman–Crippen LogP) is 3.37. The van der Waals surface area contributed by atoms with Crippen LogP contribution >= 0.6 is 0 Å². The summed E-state index contributed by atoms with van der Waals surface area (Å²) in [7, 11) is 0. The number of nitrogens with zero attached hydrogens (tertiary/aromatic N) is 4. The van der Waals surface area contributed by atoms with Gasteiger partial charge in [-0.25, -0.2) is 9.97 Å². The molecule has 3 rings (SSSR count). The van der Waals surface area contributed by atoms with Gasteiger partial charge in [-0.1, -0.05) is 0 Å². The monoisotopic (exact) mass is 369 g/mol. The van der Waals surface area contributed by atoms with Crippen molar-refractivity contribution in [2.24, 2.45) is 5.92 Å². The van der Waals surface area contributed by atoms with Crippen molar-refractivity contribution in [1.82, 2.24) is 9.97 Å². The van der Waals surface area contributed by atoms with E-state index in [-0.39, 0.29) is 5.92 Å². The lowest BCUT2D eigenvalue weighted by atomic mass is 9.97. The maximum Gasteiger partial charge on any atom is 0.306 e. The Balaban J connectivity index is 1.65. The van der Waals surface area contributed by atoms with E-state index in [1.807, 2.05) is 18.2 Å². The fourth-order valence-corrected chi connectivity index (χ4v) is 3.44. The van der Waals surface area contributed by atoms with Crippen molar-refractivity contribution in [3.63, 3.8) is 0 Å². The number of carbonyl (C=O) groups is 1. The molecule has 7 heteroatoms. The largest absolute Gasteiger partial charge is 0.481 e. The summed E-state index contributed by atoms with van der Waals surface area (Å²) in [6, 6.07) is 10.2. The van der Waals surface area contributed by atoms with Gasteiger partial charge in [-0.2, -0.15) is 0 Å². The molecule has 0 amide bonds. The topological polar surface area (TPSA) is 81.6 Å². The number of nitrogens with one attached hydrogen (secondary N) is 1. The number of hydrogen-bond acceptors (Lipinski definition) is 6. The van der Waals surface area contributed by atoms with E-state index in [0.717, 1.165) is 30.4 Å². The first-order valence-corrected chi connectivity index (χ1v) is 9.52. The van der Waals surface area contributed by atoms with Gasteiger partial charge in [-0.05, 0) is 51.0 Å². The van der Waals surface area contributed by atoms with Gasteiger partial charge in [-0.3, -0.25) is 4.79 Å². The van der Waals surface area contributed by atoms with Crippen LogP contribution in [0.3, 0.4) is 0 Å². The fraction of sp³-hybridized carbons (Fsp3) is 0.450. The van der Waals surface area contributed by atoms with Crippen LogP contribution in [0.1, 0.15) is 26.7 Å². The summed E-state index contributed by atoms with van der Waals surface area (Å²) >= 11 is 0. The number of aromatic nitrogens is 2. The van der Waals surface area contributed by atoms with Crippen LogP contribution < -0.4 is 15.1 Å². The van der Waals surface area contributed by atoms with Crippen LogP contribution in [0.15, 0.2) is 36.7 Å². The first-order valence-electron chi connectivity index (χ1n) is 9.52. The highest BCUT2D eigenvalue weighted by atomic mass is 16.4. The lowest BCUT2D eigenvalue weighted by Gasteiger charge is -2.31. The summed E-state index contributed by atoms with van der Waals surface area (Å²) < 4.78 is 0. The third-order valence-electron chi connectivity index (χ3n) is 5.09. The molecule has 0 bridgehead atoms. The van der Waals surface area contributed by atoms with Crippen LogP contribution in [0.5, 0.6) is 0 Å². The van der Waals surface area contributed by atoms with Crippen molar-refractivity contribution in [2.45, 2.75) is 26.7 Å². The Morgan fingerprint density at radius 3 is 2.44 bits per heavy atom. The molecule has 0 radical (unpaired) electrons. The summed E-state index contributed by atoms with van der Waals surface area (Å²) in [5, 5.41) is 12.5. The number of aliphatic carboxylic acids is 1. The number of hydrogen-bond donors (Lipinski definition) is 2. The molecule has 1 fully saturated rings. The van der Waals surface area contributed by atoms with E-state index < -0.39 is 5.97 Å². The first-order chi connectivity index (χ1) is 13.1. The number of benzene rings is 1. The van der Waals surface area contributed by atoms with E-state index in [4.69, 9.17) is 5.11 Å². The van der Waals surface area contributed by atoms with Gasteiger partial charge >= 0.3 is 5.97 Å². The molecule has 0 aliphatic carbocycles. The third kappa shape index (κ3) is 4.67. The average Bonchev–Trinajstić information content (AvgIpc) is 2.70. The van der Waals surface area contributed by atoms with E-state index in [2.05, 4.69) is 51.1 Å². The zero-order chi connectivity index (χ0) is 19.2. The zero-order valence-electron chi connectivity index (χ0n) is 15.9. The molecule has 1 saturated heterocycles. The molecule has 0 saturated carbocycles. The van der Waals surface area contributed by atoms with Gasteiger partial charge < -0.3 is 20.2 Å². The van der Waals surface area contributed by atoms with Crippen molar-refractivity contribution >= 4 is 29.0 Å². The second-order valence-corrected chi connectivity index (χ2v) is 6.71. The molecule has 0 atom stereocenters. The molecule has 0 spiro atoms. The molecule has 1 aromatic heterocycles. The molecule has 2 N–H and O–H groups in total. The van der Waals surface area contributed by atoms with E-state index >= 15 is 0 Å². The highest BCUT2D eigenvalue weighted by molar-refractivity contribution is 5.70. The molecule has 2 aromatic rings. The van der Waals surface area contributed by atoms with Gasteiger partial charge in [0.15, 0.2) is 0 Å². The molecule has 1 aliphatic heterocycles. The fourth-order valence-electron chi connectivity index (χ4n) is 3.44. The zero-order valence-corrected chi connectivity index (χ0v) is 15.9. The van der Waals surface area contributed by atoms with E-state index in [9.17, 15) is 4.79 Å². The highest BCUT2D eigenvalue weighted by Crippen LogP contribution is 2.25. The number of carboxylic acids is 1. The highest BCUT2D eigenvalue weighted by Gasteiger charge is 2.25.